The second-order valence-electron chi connectivity index (χ2n) is 6.51. The Morgan fingerprint density at radius 3 is 2.57 bits per heavy atom. The van der Waals surface area contributed by atoms with Gasteiger partial charge in [-0.25, -0.2) is 9.18 Å². The molecule has 1 fully saturated rings. The van der Waals surface area contributed by atoms with E-state index in [1.807, 2.05) is 23.1 Å². The summed E-state index contributed by atoms with van der Waals surface area (Å²) in [4.78, 5) is 14.1. The summed E-state index contributed by atoms with van der Waals surface area (Å²) in [5, 5.41) is 0. The third kappa shape index (κ3) is 4.44. The minimum Gasteiger partial charge on any atom is -0.503 e. The van der Waals surface area contributed by atoms with Crippen molar-refractivity contribution in [1.82, 2.24) is 0 Å². The zero-order valence-corrected chi connectivity index (χ0v) is 16.1. The molecule has 1 heterocycles. The molecule has 0 bridgehead atoms. The molecule has 6 heteroatoms. The number of halogens is 1. The highest BCUT2D eigenvalue weighted by Gasteiger charge is 2.18. The van der Waals surface area contributed by atoms with Gasteiger partial charge in [-0.15, -0.1) is 0 Å². The Bertz CT molecular complexity index is 859. The maximum absolute atomic E-state index is 14.5. The van der Waals surface area contributed by atoms with Crippen LogP contribution in [0.2, 0.25) is 0 Å². The van der Waals surface area contributed by atoms with E-state index < -0.39 is 5.97 Å². The van der Waals surface area contributed by atoms with Crippen LogP contribution in [0.4, 0.5) is 10.1 Å². The average Bonchev–Trinajstić information content (AvgIpc) is 3.25. The zero-order chi connectivity index (χ0) is 19.9. The number of benzene rings is 2. The molecule has 28 heavy (non-hydrogen) atoms. The summed E-state index contributed by atoms with van der Waals surface area (Å²) < 4.78 is 30.1. The molecule has 1 aliphatic rings. The van der Waals surface area contributed by atoms with Gasteiger partial charge in [0.2, 0.25) is 0 Å². The van der Waals surface area contributed by atoms with Crippen molar-refractivity contribution in [2.75, 3.05) is 32.2 Å². The van der Waals surface area contributed by atoms with Crippen LogP contribution in [0.25, 0.3) is 5.57 Å². The van der Waals surface area contributed by atoms with Crippen molar-refractivity contribution in [1.29, 1.82) is 0 Å². The molecule has 0 aliphatic carbocycles. The third-order valence-electron chi connectivity index (χ3n) is 4.71. The molecule has 148 valence electrons. The van der Waals surface area contributed by atoms with Crippen LogP contribution in [0.3, 0.4) is 0 Å². The summed E-state index contributed by atoms with van der Waals surface area (Å²) in [6.07, 6.45) is 3.52. The van der Waals surface area contributed by atoms with Crippen molar-refractivity contribution in [2.45, 2.75) is 19.4 Å². The molecule has 0 spiro atoms. The van der Waals surface area contributed by atoms with E-state index in [0.717, 1.165) is 31.5 Å². The molecule has 2 aromatic carbocycles. The molecule has 0 amide bonds. The molecule has 0 atom stereocenters. The summed E-state index contributed by atoms with van der Waals surface area (Å²) in [6, 6.07) is 12.2. The summed E-state index contributed by atoms with van der Waals surface area (Å²) in [6.45, 7) is 1.94. The van der Waals surface area contributed by atoms with E-state index in [4.69, 9.17) is 14.2 Å². The van der Waals surface area contributed by atoms with Crippen LogP contribution in [0.1, 0.15) is 24.0 Å². The molecular weight excluding hydrogens is 361 g/mol. The molecule has 5 nitrogen and oxygen atoms in total. The first-order chi connectivity index (χ1) is 13.6. The van der Waals surface area contributed by atoms with Gasteiger partial charge in [-0.2, -0.15) is 0 Å². The number of anilines is 1. The first-order valence-electron chi connectivity index (χ1n) is 9.21. The first-order valence-corrected chi connectivity index (χ1v) is 9.21. The third-order valence-corrected chi connectivity index (χ3v) is 4.71. The van der Waals surface area contributed by atoms with Crippen LogP contribution < -0.4 is 9.64 Å². The van der Waals surface area contributed by atoms with Gasteiger partial charge in [0.05, 0.1) is 26.2 Å². The molecule has 0 saturated carbocycles. The molecule has 3 rings (SSSR count). The van der Waals surface area contributed by atoms with Gasteiger partial charge >= 0.3 is 5.97 Å². The van der Waals surface area contributed by atoms with E-state index in [1.165, 1.54) is 26.5 Å². The number of ether oxygens (including phenoxy) is 3. The van der Waals surface area contributed by atoms with Gasteiger partial charge in [0, 0.05) is 19.2 Å². The smallest absolute Gasteiger partial charge is 0.341 e. The predicted molar refractivity (Wildman–Crippen MR) is 106 cm³/mol. The Balaban J connectivity index is 1.77. The molecule has 1 saturated heterocycles. The summed E-state index contributed by atoms with van der Waals surface area (Å²) in [5.74, 6) is -0.358. The van der Waals surface area contributed by atoms with Gasteiger partial charge in [0.25, 0.3) is 0 Å². The van der Waals surface area contributed by atoms with Crippen molar-refractivity contribution >= 4 is 17.2 Å². The maximum Gasteiger partial charge on any atom is 0.341 e. The number of nitrogens with zero attached hydrogens (tertiary/aromatic N) is 1. The number of carbonyl (C=O) groups is 1. The van der Waals surface area contributed by atoms with Crippen molar-refractivity contribution in [3.8, 4) is 5.75 Å². The van der Waals surface area contributed by atoms with E-state index in [9.17, 15) is 9.18 Å². The molecule has 0 N–H and O–H groups in total. The topological polar surface area (TPSA) is 48.0 Å². The fourth-order valence-electron chi connectivity index (χ4n) is 3.31. The number of hydrogen-bond donors (Lipinski definition) is 0. The van der Waals surface area contributed by atoms with Gasteiger partial charge in [0.1, 0.15) is 23.7 Å². The Labute approximate surface area is 164 Å². The minimum absolute atomic E-state index is 0.177. The van der Waals surface area contributed by atoms with Crippen molar-refractivity contribution in [3.05, 3.63) is 65.7 Å². The monoisotopic (exact) mass is 385 g/mol. The van der Waals surface area contributed by atoms with E-state index in [-0.39, 0.29) is 12.4 Å². The lowest BCUT2D eigenvalue weighted by Gasteiger charge is -2.19. The zero-order valence-electron chi connectivity index (χ0n) is 16.1. The molecular formula is C22H24FNO4. The molecule has 0 radical (unpaired) electrons. The van der Waals surface area contributed by atoms with Crippen LogP contribution in [0, 0.1) is 5.82 Å². The summed E-state index contributed by atoms with van der Waals surface area (Å²) in [5.41, 5.74) is 2.31. The lowest BCUT2D eigenvalue weighted by molar-refractivity contribution is -0.133. The van der Waals surface area contributed by atoms with Gasteiger partial charge in [-0.3, -0.25) is 0 Å². The second kappa shape index (κ2) is 9.26. The highest BCUT2D eigenvalue weighted by molar-refractivity contribution is 6.16. The highest BCUT2D eigenvalue weighted by Crippen LogP contribution is 2.28. The molecule has 1 aliphatic heterocycles. The van der Waals surface area contributed by atoms with Crippen LogP contribution in [-0.4, -0.2) is 33.3 Å². The normalized spacial score (nSPS) is 14.1. The average molecular weight is 385 g/mol. The van der Waals surface area contributed by atoms with Crippen molar-refractivity contribution < 1.29 is 23.4 Å². The van der Waals surface area contributed by atoms with Crippen LogP contribution in [0.15, 0.2) is 48.7 Å². The van der Waals surface area contributed by atoms with Crippen LogP contribution in [0.5, 0.6) is 5.75 Å². The molecule has 0 unspecified atom stereocenters. The number of methoxy groups -OCH3 is 2. The van der Waals surface area contributed by atoms with E-state index in [2.05, 4.69) is 0 Å². The lowest BCUT2D eigenvalue weighted by atomic mass is 10.0. The largest absolute Gasteiger partial charge is 0.503 e. The maximum atomic E-state index is 14.5. The minimum atomic E-state index is -0.504. The van der Waals surface area contributed by atoms with Crippen molar-refractivity contribution in [3.63, 3.8) is 0 Å². The quantitative estimate of drug-likeness (QED) is 0.407. The number of esters is 1. The van der Waals surface area contributed by atoms with Crippen LogP contribution in [-0.2, 0) is 20.9 Å². The summed E-state index contributed by atoms with van der Waals surface area (Å²) >= 11 is 0. The Kier molecular flexibility index (Phi) is 6.53. The first kappa shape index (κ1) is 19.7. The van der Waals surface area contributed by atoms with E-state index >= 15 is 0 Å². The molecule has 0 aromatic heterocycles. The van der Waals surface area contributed by atoms with Gasteiger partial charge in [0.15, 0.2) is 0 Å². The van der Waals surface area contributed by atoms with Gasteiger partial charge in [-0.05, 0) is 36.1 Å². The van der Waals surface area contributed by atoms with Gasteiger partial charge in [-0.1, -0.05) is 24.3 Å². The predicted octanol–water partition coefficient (Wildman–Crippen LogP) is 4.17. The number of carbonyl (C=O) groups excluding carboxylic acids is 1. The van der Waals surface area contributed by atoms with E-state index in [1.54, 1.807) is 18.2 Å². The molecule has 2 aromatic rings. The fourth-order valence-corrected chi connectivity index (χ4v) is 3.31. The summed E-state index contributed by atoms with van der Waals surface area (Å²) in [7, 11) is 2.78. The van der Waals surface area contributed by atoms with E-state index in [0.29, 0.717) is 22.6 Å². The number of rotatable bonds is 7. The lowest BCUT2D eigenvalue weighted by Crippen LogP contribution is -2.18. The fraction of sp³-hybridized carbons (Fsp3) is 0.318. The van der Waals surface area contributed by atoms with Crippen molar-refractivity contribution in [2.24, 2.45) is 0 Å². The second-order valence-corrected chi connectivity index (χ2v) is 6.51. The standard InChI is InChI=1S/C22H24FNO4/c1-26-15-19(22(25)27-2)18-8-4-3-7-16(18)14-28-17-9-10-21(20(23)13-17)24-11-5-6-12-24/h3-4,7-10,13,15H,5-6,11-12,14H2,1-2H3/b19-15+. The Morgan fingerprint density at radius 2 is 1.89 bits per heavy atom. The Hall–Kier alpha value is -3.02. The van der Waals surface area contributed by atoms with Gasteiger partial charge < -0.3 is 19.1 Å². The Morgan fingerprint density at radius 1 is 1.14 bits per heavy atom. The number of hydrogen-bond acceptors (Lipinski definition) is 5. The van der Waals surface area contributed by atoms with Crippen LogP contribution >= 0.6 is 0 Å². The SMILES string of the molecule is CO/C=C(/C(=O)OC)c1ccccc1COc1ccc(N2CCCC2)c(F)c1. The highest BCUT2D eigenvalue weighted by atomic mass is 19.1.